The van der Waals surface area contributed by atoms with Gasteiger partial charge in [-0.3, -0.25) is 15.0 Å². The van der Waals surface area contributed by atoms with Crippen molar-refractivity contribution in [2.45, 2.75) is 0 Å². The van der Waals surface area contributed by atoms with Crippen molar-refractivity contribution < 1.29 is 0 Å². The summed E-state index contributed by atoms with van der Waals surface area (Å²) in [6.07, 6.45) is 5.57. The first-order valence-corrected chi connectivity index (χ1v) is 18.8. The summed E-state index contributed by atoms with van der Waals surface area (Å²) in [6, 6.07) is 64.6. The van der Waals surface area contributed by atoms with Gasteiger partial charge < -0.3 is 9.13 Å². The Morgan fingerprint density at radius 3 is 1.50 bits per heavy atom. The quantitative estimate of drug-likeness (QED) is 0.172. The number of aromatic nitrogens is 5. The van der Waals surface area contributed by atoms with E-state index in [-0.39, 0.29) is 0 Å². The molecule has 0 saturated heterocycles. The summed E-state index contributed by atoms with van der Waals surface area (Å²) >= 11 is 0. The average Bonchev–Trinajstić information content (AvgIpc) is 3.79. The molecule has 0 amide bonds. The van der Waals surface area contributed by atoms with Crippen LogP contribution in [0.1, 0.15) is 0 Å². The molecule has 0 spiro atoms. The van der Waals surface area contributed by atoms with Crippen molar-refractivity contribution in [3.05, 3.63) is 201 Å². The van der Waals surface area contributed by atoms with Crippen LogP contribution < -0.4 is 0 Å². The summed E-state index contributed by atoms with van der Waals surface area (Å²) in [7, 11) is 0. The maximum atomic E-state index is 4.85. The maximum Gasteiger partial charge on any atom is 0.0963 e. The first-order valence-electron chi connectivity index (χ1n) is 18.8. The van der Waals surface area contributed by atoms with Gasteiger partial charge in [0.1, 0.15) is 0 Å². The molecule has 0 aliphatic heterocycles. The molecular weight excluding hydrogens is 683 g/mol. The lowest BCUT2D eigenvalue weighted by Crippen LogP contribution is -1.94. The predicted molar refractivity (Wildman–Crippen MR) is 230 cm³/mol. The van der Waals surface area contributed by atoms with Crippen LogP contribution >= 0.6 is 0 Å². The molecule has 5 nitrogen and oxygen atoms in total. The topological polar surface area (TPSA) is 48.5 Å². The molecule has 0 unspecified atom stereocenters. The van der Waals surface area contributed by atoms with Gasteiger partial charge in [0.25, 0.3) is 0 Å². The molecule has 0 aliphatic carbocycles. The molecule has 0 saturated carbocycles. The van der Waals surface area contributed by atoms with Crippen LogP contribution in [0.2, 0.25) is 0 Å². The predicted octanol–water partition coefficient (Wildman–Crippen LogP) is 12.7. The first-order chi connectivity index (χ1) is 27.8. The van der Waals surface area contributed by atoms with Crippen molar-refractivity contribution in [2.75, 3.05) is 0 Å². The molecule has 5 heterocycles. The van der Waals surface area contributed by atoms with E-state index in [9.17, 15) is 0 Å². The van der Waals surface area contributed by atoms with Gasteiger partial charge in [0, 0.05) is 57.3 Å². The summed E-state index contributed by atoms with van der Waals surface area (Å²) in [5, 5.41) is 3.58. The third-order valence-corrected chi connectivity index (χ3v) is 10.9. The van der Waals surface area contributed by atoms with E-state index in [0.29, 0.717) is 0 Å². The lowest BCUT2D eigenvalue weighted by Gasteiger charge is -2.12. The van der Waals surface area contributed by atoms with Crippen molar-refractivity contribution in [1.82, 2.24) is 24.1 Å². The van der Waals surface area contributed by atoms with Gasteiger partial charge in [0.2, 0.25) is 0 Å². The van der Waals surface area contributed by atoms with Gasteiger partial charge >= 0.3 is 0 Å². The van der Waals surface area contributed by atoms with Crippen LogP contribution in [0.3, 0.4) is 0 Å². The fraction of sp³-hybridized carbons (Fsp3) is 0. The molecule has 0 atom stereocenters. The van der Waals surface area contributed by atoms with Crippen LogP contribution in [0, 0.1) is 0 Å². The number of benzene rings is 6. The smallest absolute Gasteiger partial charge is 0.0963 e. The second kappa shape index (κ2) is 13.0. The normalized spacial score (nSPS) is 11.6. The monoisotopic (exact) mass is 715 g/mol. The lowest BCUT2D eigenvalue weighted by molar-refractivity contribution is 1.18. The zero-order valence-electron chi connectivity index (χ0n) is 30.3. The van der Waals surface area contributed by atoms with Crippen LogP contribution in [0.25, 0.3) is 99.9 Å². The number of pyridine rings is 3. The van der Waals surface area contributed by atoms with Crippen molar-refractivity contribution in [3.8, 4) is 56.1 Å². The second-order valence-corrected chi connectivity index (χ2v) is 14.1. The van der Waals surface area contributed by atoms with Gasteiger partial charge in [-0.2, -0.15) is 0 Å². The van der Waals surface area contributed by atoms with Crippen LogP contribution in [0.4, 0.5) is 0 Å². The number of nitrogens with zero attached hydrogens (tertiary/aromatic N) is 5. The van der Waals surface area contributed by atoms with Crippen LogP contribution in [-0.2, 0) is 0 Å². The minimum Gasteiger partial charge on any atom is -0.309 e. The minimum atomic E-state index is 0.934. The second-order valence-electron chi connectivity index (χ2n) is 14.1. The fourth-order valence-corrected chi connectivity index (χ4v) is 8.26. The number of hydrogen-bond donors (Lipinski definition) is 0. The molecule has 5 aromatic heterocycles. The van der Waals surface area contributed by atoms with Crippen LogP contribution in [-0.4, -0.2) is 24.1 Å². The molecule has 56 heavy (non-hydrogen) atoms. The first kappa shape index (κ1) is 31.9. The van der Waals surface area contributed by atoms with Crippen molar-refractivity contribution in [1.29, 1.82) is 0 Å². The van der Waals surface area contributed by atoms with E-state index >= 15 is 0 Å². The molecule has 262 valence electrons. The van der Waals surface area contributed by atoms with Crippen molar-refractivity contribution in [2.24, 2.45) is 0 Å². The lowest BCUT2D eigenvalue weighted by atomic mass is 9.96. The van der Waals surface area contributed by atoms with Gasteiger partial charge in [-0.1, -0.05) is 72.8 Å². The van der Waals surface area contributed by atoms with Gasteiger partial charge in [-0.15, -0.1) is 0 Å². The molecule has 0 aliphatic rings. The van der Waals surface area contributed by atoms with E-state index in [4.69, 9.17) is 4.98 Å². The zero-order chi connectivity index (χ0) is 37.0. The van der Waals surface area contributed by atoms with Crippen LogP contribution in [0.15, 0.2) is 201 Å². The van der Waals surface area contributed by atoms with Crippen molar-refractivity contribution >= 4 is 43.7 Å². The molecule has 11 aromatic rings. The van der Waals surface area contributed by atoms with E-state index in [2.05, 4.69) is 171 Å². The summed E-state index contributed by atoms with van der Waals surface area (Å²) < 4.78 is 4.68. The average molecular weight is 716 g/mol. The fourth-order valence-electron chi connectivity index (χ4n) is 8.26. The molecule has 0 bridgehead atoms. The summed E-state index contributed by atoms with van der Waals surface area (Å²) in [4.78, 5) is 14.2. The maximum absolute atomic E-state index is 4.85. The third kappa shape index (κ3) is 5.29. The molecular formula is C51H33N5. The minimum absolute atomic E-state index is 0.934. The zero-order valence-corrected chi connectivity index (χ0v) is 30.3. The van der Waals surface area contributed by atoms with E-state index in [1.54, 1.807) is 0 Å². The van der Waals surface area contributed by atoms with Gasteiger partial charge in [0.15, 0.2) is 0 Å². The molecule has 0 N–H and O–H groups in total. The number of rotatable bonds is 6. The van der Waals surface area contributed by atoms with E-state index in [1.165, 1.54) is 27.4 Å². The summed E-state index contributed by atoms with van der Waals surface area (Å²) in [5.74, 6) is 0. The highest BCUT2D eigenvalue weighted by Crippen LogP contribution is 2.39. The summed E-state index contributed by atoms with van der Waals surface area (Å²) in [5.41, 5.74) is 16.4. The molecule has 0 fully saturated rings. The van der Waals surface area contributed by atoms with Gasteiger partial charge in [-0.05, 0) is 131 Å². The Morgan fingerprint density at radius 1 is 0.286 bits per heavy atom. The number of para-hydroxylation sites is 2. The number of hydrogen-bond acceptors (Lipinski definition) is 3. The van der Waals surface area contributed by atoms with E-state index in [0.717, 1.165) is 72.5 Å². The SMILES string of the molecule is c1ccc(-n2c3ccc(-c4ccc5c(c4)c4ccccc4n5-c4ccc(-c5cc(-c6ccccn6)cc(-c6ccccn6)c5)cc4)cc3c3ncccc32)cc1. The van der Waals surface area contributed by atoms with Crippen LogP contribution in [0.5, 0.6) is 0 Å². The Morgan fingerprint density at radius 2 is 0.804 bits per heavy atom. The Kier molecular flexibility index (Phi) is 7.42. The molecule has 0 radical (unpaired) electrons. The largest absolute Gasteiger partial charge is 0.309 e. The Bertz CT molecular complexity index is 3160. The van der Waals surface area contributed by atoms with E-state index < -0.39 is 0 Å². The standard InChI is InChI=1S/C51H33N5/c1-2-11-40(12-3-1)56-49-25-21-36(33-44(49)51-50(56)17-10-28-54-51)35-20-24-48-43(32-35)42-13-4-5-16-47(42)55(48)41-22-18-34(19-23-41)37-29-38(45-14-6-8-26-52-45)31-39(30-37)46-15-7-9-27-53-46/h1-33H. The highest BCUT2D eigenvalue weighted by molar-refractivity contribution is 6.12. The molecule has 6 aromatic carbocycles. The Hall–Kier alpha value is -7.63. The summed E-state index contributed by atoms with van der Waals surface area (Å²) in [6.45, 7) is 0. The van der Waals surface area contributed by atoms with Gasteiger partial charge in [-0.25, -0.2) is 0 Å². The third-order valence-electron chi connectivity index (χ3n) is 10.9. The highest BCUT2D eigenvalue weighted by atomic mass is 15.0. The number of fused-ring (bicyclic) bond motifs is 6. The van der Waals surface area contributed by atoms with E-state index in [1.807, 2.05) is 48.9 Å². The Labute approximate surface area is 323 Å². The van der Waals surface area contributed by atoms with Gasteiger partial charge in [0.05, 0.1) is 39.0 Å². The molecule has 11 rings (SSSR count). The Balaban J connectivity index is 1.01. The highest BCUT2D eigenvalue weighted by Gasteiger charge is 2.17. The molecule has 5 heteroatoms. The van der Waals surface area contributed by atoms with Crippen molar-refractivity contribution in [3.63, 3.8) is 0 Å².